The summed E-state index contributed by atoms with van der Waals surface area (Å²) in [6, 6.07) is 0. The Bertz CT molecular complexity index is 58.9. The molecular weight excluding hydrogens is 166 g/mol. The van der Waals surface area contributed by atoms with E-state index in [0.29, 0.717) is 0 Å². The summed E-state index contributed by atoms with van der Waals surface area (Å²) >= 11 is 0. The average molecular weight is 189 g/mol. The van der Waals surface area contributed by atoms with Crippen LogP contribution in [0.4, 0.5) is 0 Å². The maximum absolute atomic E-state index is 2.46. The monoisotopic (exact) mass is 188 g/mol. The first-order valence-corrected chi connectivity index (χ1v) is 5.23. The zero-order chi connectivity index (χ0) is 8.36. The van der Waals surface area contributed by atoms with E-state index < -0.39 is 0 Å². The first-order valence-electron chi connectivity index (χ1n) is 5.23. The van der Waals surface area contributed by atoms with Gasteiger partial charge in [-0.2, -0.15) is 0 Å². The third-order valence-electron chi connectivity index (χ3n) is 2.02. The topological polar surface area (TPSA) is 0 Å². The molecule has 0 aliphatic rings. The van der Waals surface area contributed by atoms with Crippen LogP contribution < -0.4 is 12.4 Å². The standard InChI is InChI=1S/C10H22B.ClH/c1-3-5-7-9-11-10-8-6-4-2;/h3-10H2,1-2H3;1H/q+1;/p-1. The van der Waals surface area contributed by atoms with Gasteiger partial charge in [-0.1, -0.05) is 0 Å². The Balaban J connectivity index is 0. The van der Waals surface area contributed by atoms with Crippen LogP contribution in [-0.4, -0.2) is 7.28 Å². The zero-order valence-corrected chi connectivity index (χ0v) is 9.37. The van der Waals surface area contributed by atoms with Gasteiger partial charge in [0.1, 0.15) is 0 Å². The molecule has 0 N–H and O–H groups in total. The molecular formula is C10H22BCl. The van der Waals surface area contributed by atoms with Gasteiger partial charge in [0.25, 0.3) is 0 Å². The summed E-state index contributed by atoms with van der Waals surface area (Å²) in [6.45, 7) is 4.52. The molecule has 0 rings (SSSR count). The molecule has 0 aromatic heterocycles. The third-order valence-corrected chi connectivity index (χ3v) is 2.02. The van der Waals surface area contributed by atoms with Gasteiger partial charge >= 0.3 is 72.3 Å². The number of hydrogen-bond donors (Lipinski definition) is 0. The first-order chi connectivity index (χ1) is 5.41. The fourth-order valence-corrected chi connectivity index (χ4v) is 1.22. The second kappa shape index (κ2) is 13.9. The maximum Gasteiger partial charge on any atom is -1.00 e. The van der Waals surface area contributed by atoms with Crippen molar-refractivity contribution in [3.8, 4) is 0 Å². The van der Waals surface area contributed by atoms with Gasteiger partial charge < -0.3 is 12.4 Å². The smallest absolute Gasteiger partial charge is 1.00 e. The molecule has 0 radical (unpaired) electrons. The van der Waals surface area contributed by atoms with E-state index in [1.54, 1.807) is 0 Å². The van der Waals surface area contributed by atoms with E-state index in [9.17, 15) is 0 Å². The van der Waals surface area contributed by atoms with Crippen molar-refractivity contribution < 1.29 is 12.4 Å². The minimum absolute atomic E-state index is 0. The molecule has 72 valence electrons. The van der Waals surface area contributed by atoms with Crippen LogP contribution in [0.5, 0.6) is 0 Å². The van der Waals surface area contributed by atoms with Gasteiger partial charge in [-0.05, 0) is 0 Å². The van der Waals surface area contributed by atoms with Crippen LogP contribution in [0.3, 0.4) is 0 Å². The molecule has 0 aliphatic heterocycles. The van der Waals surface area contributed by atoms with Gasteiger partial charge in [-0.15, -0.1) is 0 Å². The van der Waals surface area contributed by atoms with E-state index in [-0.39, 0.29) is 12.4 Å². The number of halogens is 1. The Labute approximate surface area is 85.2 Å². The Morgan fingerprint density at radius 2 is 1.17 bits per heavy atom. The minimum Gasteiger partial charge on any atom is -1.00 e. The summed E-state index contributed by atoms with van der Waals surface area (Å²) in [5.41, 5.74) is 0. The zero-order valence-electron chi connectivity index (χ0n) is 8.61. The Morgan fingerprint density at radius 3 is 1.50 bits per heavy atom. The van der Waals surface area contributed by atoms with Crippen molar-refractivity contribution in [2.75, 3.05) is 0 Å². The van der Waals surface area contributed by atoms with Crippen LogP contribution in [0.15, 0.2) is 0 Å². The summed E-state index contributed by atoms with van der Waals surface area (Å²) in [5, 5.41) is 0. The van der Waals surface area contributed by atoms with Crippen LogP contribution in [0.1, 0.15) is 52.4 Å². The van der Waals surface area contributed by atoms with Gasteiger partial charge in [0.05, 0.1) is 0 Å². The van der Waals surface area contributed by atoms with Crippen LogP contribution in [0.2, 0.25) is 12.6 Å². The van der Waals surface area contributed by atoms with Crippen molar-refractivity contribution in [1.82, 2.24) is 0 Å². The van der Waals surface area contributed by atoms with Crippen molar-refractivity contribution in [2.45, 2.75) is 65.0 Å². The van der Waals surface area contributed by atoms with Crippen molar-refractivity contribution in [3.05, 3.63) is 0 Å². The molecule has 0 saturated heterocycles. The van der Waals surface area contributed by atoms with E-state index >= 15 is 0 Å². The van der Waals surface area contributed by atoms with E-state index in [2.05, 4.69) is 21.1 Å². The summed E-state index contributed by atoms with van der Waals surface area (Å²) < 4.78 is 0. The van der Waals surface area contributed by atoms with E-state index in [4.69, 9.17) is 0 Å². The maximum atomic E-state index is 2.46. The quantitative estimate of drug-likeness (QED) is 0.392. The van der Waals surface area contributed by atoms with Crippen molar-refractivity contribution >= 4 is 7.28 Å². The molecule has 0 saturated carbocycles. The molecule has 0 atom stereocenters. The Kier molecular flexibility index (Phi) is 17.2. The molecule has 0 bridgehead atoms. The molecule has 0 aliphatic carbocycles. The van der Waals surface area contributed by atoms with E-state index in [1.807, 2.05) is 0 Å². The SMILES string of the molecule is CCCCC[B+]CCCCC.[Cl-]. The van der Waals surface area contributed by atoms with Crippen molar-refractivity contribution in [3.63, 3.8) is 0 Å². The number of unbranched alkanes of at least 4 members (excludes halogenated alkanes) is 4. The molecule has 0 aromatic carbocycles. The van der Waals surface area contributed by atoms with E-state index in [0.717, 1.165) is 0 Å². The largest absolute Gasteiger partial charge is 1.00 e. The molecule has 12 heavy (non-hydrogen) atoms. The van der Waals surface area contributed by atoms with Crippen LogP contribution >= 0.6 is 0 Å². The van der Waals surface area contributed by atoms with Gasteiger partial charge in [0.2, 0.25) is 0 Å². The fraction of sp³-hybridized carbons (Fsp3) is 1.00. The molecule has 0 amide bonds. The predicted molar refractivity (Wildman–Crippen MR) is 54.4 cm³/mol. The minimum atomic E-state index is 0. The number of hydrogen-bond acceptors (Lipinski definition) is 0. The second-order valence-corrected chi connectivity index (χ2v) is 3.28. The Hall–Kier alpha value is 0.355. The first kappa shape index (κ1) is 14.9. The second-order valence-electron chi connectivity index (χ2n) is 3.28. The van der Waals surface area contributed by atoms with E-state index in [1.165, 1.54) is 51.2 Å². The normalized spacial score (nSPS) is 8.83. The van der Waals surface area contributed by atoms with Crippen LogP contribution in [0, 0.1) is 0 Å². The number of rotatable bonds is 8. The summed E-state index contributed by atoms with van der Waals surface area (Å²) in [7, 11) is 2.46. The summed E-state index contributed by atoms with van der Waals surface area (Å²) in [6.07, 6.45) is 11.0. The van der Waals surface area contributed by atoms with Crippen molar-refractivity contribution in [1.29, 1.82) is 0 Å². The molecule has 0 heterocycles. The van der Waals surface area contributed by atoms with Crippen LogP contribution in [-0.2, 0) is 0 Å². The van der Waals surface area contributed by atoms with Crippen molar-refractivity contribution in [2.24, 2.45) is 0 Å². The molecule has 2 heteroatoms. The fourth-order valence-electron chi connectivity index (χ4n) is 1.22. The van der Waals surface area contributed by atoms with Gasteiger partial charge in [0.15, 0.2) is 0 Å². The third kappa shape index (κ3) is 13.0. The summed E-state index contributed by atoms with van der Waals surface area (Å²) in [5.74, 6) is 0. The molecule has 0 fully saturated rings. The van der Waals surface area contributed by atoms with Gasteiger partial charge in [0, 0.05) is 0 Å². The van der Waals surface area contributed by atoms with Crippen LogP contribution in [0.25, 0.3) is 0 Å². The molecule has 0 unspecified atom stereocenters. The predicted octanol–water partition coefficient (Wildman–Crippen LogP) is 0.912. The molecule has 0 aromatic rings. The summed E-state index contributed by atoms with van der Waals surface area (Å²) in [4.78, 5) is 0. The Morgan fingerprint density at radius 1 is 0.750 bits per heavy atom. The van der Waals surface area contributed by atoms with Gasteiger partial charge in [-0.3, -0.25) is 0 Å². The molecule has 0 nitrogen and oxygen atoms in total. The van der Waals surface area contributed by atoms with Gasteiger partial charge in [-0.25, -0.2) is 0 Å². The average Bonchev–Trinajstić information content (AvgIpc) is 2.03. The molecule has 0 spiro atoms.